The van der Waals surface area contributed by atoms with Crippen molar-refractivity contribution >= 4 is 22.8 Å². The Hall–Kier alpha value is -1.22. The van der Waals surface area contributed by atoms with E-state index in [1.807, 2.05) is 24.3 Å². The van der Waals surface area contributed by atoms with Crippen molar-refractivity contribution in [2.75, 3.05) is 6.54 Å². The van der Waals surface area contributed by atoms with Crippen LogP contribution in [-0.4, -0.2) is 11.5 Å². The Morgan fingerprint density at radius 1 is 1.42 bits per heavy atom. The van der Waals surface area contributed by atoms with Crippen molar-refractivity contribution in [3.63, 3.8) is 0 Å². The molecule has 1 aromatic rings. The summed E-state index contributed by atoms with van der Waals surface area (Å²) in [4.78, 5) is 4.76. The number of benzene rings is 1. The first kappa shape index (κ1) is 7.43. The summed E-state index contributed by atoms with van der Waals surface area (Å²) in [5.41, 5.74) is 6.53. The molecule has 3 heteroatoms. The van der Waals surface area contributed by atoms with Crippen LogP contribution in [0.15, 0.2) is 29.3 Å². The van der Waals surface area contributed by atoms with Gasteiger partial charge in [-0.25, -0.2) is 0 Å². The van der Waals surface area contributed by atoms with Crippen molar-refractivity contribution in [1.82, 2.24) is 0 Å². The van der Waals surface area contributed by atoms with Gasteiger partial charge in [0.2, 0.25) is 0 Å². The zero-order valence-electron chi connectivity index (χ0n) is 6.45. The van der Waals surface area contributed by atoms with Gasteiger partial charge in [-0.15, -0.1) is 0 Å². The van der Waals surface area contributed by atoms with Gasteiger partial charge in [0, 0.05) is 10.8 Å². The van der Waals surface area contributed by atoms with E-state index in [9.17, 15) is 0 Å². The van der Waals surface area contributed by atoms with E-state index in [0.717, 1.165) is 16.1 Å². The maximum Gasteiger partial charge on any atom is 0.102 e. The van der Waals surface area contributed by atoms with Crippen LogP contribution < -0.4 is 16.3 Å². The molecule has 0 unspecified atom stereocenters. The van der Waals surface area contributed by atoms with Crippen LogP contribution in [0.3, 0.4) is 0 Å². The summed E-state index contributed by atoms with van der Waals surface area (Å²) < 4.78 is 0. The molecule has 60 valence electrons. The third-order valence-corrected chi connectivity index (χ3v) is 2.18. The first-order valence-electron chi connectivity index (χ1n) is 3.71. The summed E-state index contributed by atoms with van der Waals surface area (Å²) in [7, 11) is 0. The van der Waals surface area contributed by atoms with Gasteiger partial charge in [-0.3, -0.25) is 4.99 Å². The number of nitrogens with zero attached hydrogens (tertiary/aromatic N) is 1. The average molecular weight is 176 g/mol. The van der Waals surface area contributed by atoms with Gasteiger partial charge in [0.25, 0.3) is 0 Å². The van der Waals surface area contributed by atoms with Gasteiger partial charge in [0.1, 0.15) is 4.99 Å². The molecule has 2 rings (SSSR count). The quantitative estimate of drug-likeness (QED) is 0.600. The van der Waals surface area contributed by atoms with Crippen molar-refractivity contribution in [3.05, 3.63) is 34.8 Å². The zero-order chi connectivity index (χ0) is 8.55. The second kappa shape index (κ2) is 2.68. The largest absolute Gasteiger partial charge is 0.390 e. The van der Waals surface area contributed by atoms with E-state index in [-0.39, 0.29) is 0 Å². The number of fused-ring (bicyclic) bond motifs is 1. The van der Waals surface area contributed by atoms with E-state index < -0.39 is 0 Å². The van der Waals surface area contributed by atoms with Crippen molar-refractivity contribution in [2.45, 2.75) is 0 Å². The highest BCUT2D eigenvalue weighted by molar-refractivity contribution is 7.81. The van der Waals surface area contributed by atoms with Crippen LogP contribution in [0.1, 0.15) is 0 Å². The molecule has 0 aliphatic carbocycles. The second-order valence-corrected chi connectivity index (χ2v) is 3.12. The Morgan fingerprint density at radius 3 is 2.92 bits per heavy atom. The molecule has 0 saturated carbocycles. The molecule has 0 bridgehead atoms. The van der Waals surface area contributed by atoms with Gasteiger partial charge in [0.15, 0.2) is 0 Å². The second-order valence-electron chi connectivity index (χ2n) is 2.68. The molecule has 0 atom stereocenters. The van der Waals surface area contributed by atoms with Crippen molar-refractivity contribution < 1.29 is 0 Å². The predicted octanol–water partition coefficient (Wildman–Crippen LogP) is -0.243. The number of hydrogen-bond donors (Lipinski definition) is 1. The van der Waals surface area contributed by atoms with Gasteiger partial charge >= 0.3 is 0 Å². The molecule has 0 radical (unpaired) electrons. The molecule has 1 heterocycles. The van der Waals surface area contributed by atoms with Gasteiger partial charge < -0.3 is 5.73 Å². The van der Waals surface area contributed by atoms with Gasteiger partial charge in [-0.05, 0) is 6.07 Å². The van der Waals surface area contributed by atoms with Gasteiger partial charge in [-0.1, -0.05) is 30.4 Å². The Kier molecular flexibility index (Phi) is 1.66. The van der Waals surface area contributed by atoms with Crippen LogP contribution in [0.5, 0.6) is 0 Å². The zero-order valence-corrected chi connectivity index (χ0v) is 7.27. The van der Waals surface area contributed by atoms with E-state index in [1.54, 1.807) is 0 Å². The standard InChI is InChI=1S/C9H8N2S/c10-9(12)7-5-11-8-4-2-1-3-6(7)8/h1-4H,5H2,(H2,10,12). The van der Waals surface area contributed by atoms with Crippen LogP contribution >= 0.6 is 12.2 Å². The molecular weight excluding hydrogens is 168 g/mol. The number of rotatable bonds is 1. The predicted molar refractivity (Wildman–Crippen MR) is 52.3 cm³/mol. The molecule has 12 heavy (non-hydrogen) atoms. The minimum absolute atomic E-state index is 0.462. The molecule has 0 fully saturated rings. The third kappa shape index (κ3) is 1.02. The minimum atomic E-state index is 0.462. The molecule has 0 aromatic heterocycles. The first-order valence-corrected chi connectivity index (χ1v) is 4.12. The first-order chi connectivity index (χ1) is 5.79. The molecule has 1 aliphatic rings. The fraction of sp³-hybridized carbons (Fsp3) is 0.111. The smallest absolute Gasteiger partial charge is 0.102 e. The maximum atomic E-state index is 5.55. The Bertz CT molecular complexity index is 448. The van der Waals surface area contributed by atoms with E-state index in [4.69, 9.17) is 18.0 Å². The van der Waals surface area contributed by atoms with Crippen LogP contribution in [0.4, 0.5) is 0 Å². The monoisotopic (exact) mass is 176 g/mol. The highest BCUT2D eigenvalue weighted by atomic mass is 32.1. The highest BCUT2D eigenvalue weighted by Gasteiger charge is 2.07. The SMILES string of the molecule is NC(=S)C1=c2ccccc2=NC1. The molecule has 1 aromatic carbocycles. The summed E-state index contributed by atoms with van der Waals surface area (Å²) in [5, 5.41) is 2.09. The minimum Gasteiger partial charge on any atom is -0.390 e. The molecule has 2 nitrogen and oxygen atoms in total. The Balaban J connectivity index is 2.82. The Labute approximate surface area is 75.4 Å². The molecule has 2 N–H and O–H groups in total. The summed E-state index contributed by atoms with van der Waals surface area (Å²) >= 11 is 4.91. The fourth-order valence-corrected chi connectivity index (χ4v) is 1.50. The van der Waals surface area contributed by atoms with E-state index in [1.165, 1.54) is 0 Å². The molecule has 0 spiro atoms. The van der Waals surface area contributed by atoms with Crippen LogP contribution in [0.25, 0.3) is 5.57 Å². The Morgan fingerprint density at radius 2 is 2.17 bits per heavy atom. The third-order valence-electron chi connectivity index (χ3n) is 1.93. The molecule has 1 aliphatic heterocycles. The summed E-state index contributed by atoms with van der Waals surface area (Å²) in [6.07, 6.45) is 0. The summed E-state index contributed by atoms with van der Waals surface area (Å²) in [6.45, 7) is 0.634. The number of hydrogen-bond acceptors (Lipinski definition) is 2. The lowest BCUT2D eigenvalue weighted by Crippen LogP contribution is -2.26. The lowest BCUT2D eigenvalue weighted by Gasteiger charge is -1.94. The van der Waals surface area contributed by atoms with E-state index >= 15 is 0 Å². The highest BCUT2D eigenvalue weighted by Crippen LogP contribution is 1.96. The molecule has 0 amide bonds. The van der Waals surface area contributed by atoms with Crippen molar-refractivity contribution in [1.29, 1.82) is 0 Å². The number of para-hydroxylation sites is 1. The molecule has 0 saturated heterocycles. The van der Waals surface area contributed by atoms with E-state index in [0.29, 0.717) is 11.5 Å². The van der Waals surface area contributed by atoms with Crippen molar-refractivity contribution in [2.24, 2.45) is 10.7 Å². The maximum absolute atomic E-state index is 5.55. The van der Waals surface area contributed by atoms with E-state index in [2.05, 4.69) is 4.99 Å². The average Bonchev–Trinajstić information content (AvgIpc) is 2.47. The lowest BCUT2D eigenvalue weighted by atomic mass is 10.2. The van der Waals surface area contributed by atoms with Crippen LogP contribution in [-0.2, 0) is 0 Å². The summed E-state index contributed by atoms with van der Waals surface area (Å²) in [5.74, 6) is 0. The normalized spacial score (nSPS) is 13.8. The summed E-state index contributed by atoms with van der Waals surface area (Å²) in [6, 6.07) is 7.91. The fourth-order valence-electron chi connectivity index (χ4n) is 1.33. The topological polar surface area (TPSA) is 38.4 Å². The number of nitrogens with two attached hydrogens (primary N) is 1. The van der Waals surface area contributed by atoms with Crippen LogP contribution in [0.2, 0.25) is 0 Å². The van der Waals surface area contributed by atoms with Gasteiger partial charge in [0.05, 0.1) is 11.9 Å². The van der Waals surface area contributed by atoms with Gasteiger partial charge in [-0.2, -0.15) is 0 Å². The molecular formula is C9H8N2S. The van der Waals surface area contributed by atoms with Crippen molar-refractivity contribution in [3.8, 4) is 0 Å². The van der Waals surface area contributed by atoms with Crippen LogP contribution in [0, 0.1) is 0 Å². The lowest BCUT2D eigenvalue weighted by molar-refractivity contribution is 1.22. The number of thiocarbonyl (C=S) groups is 1.